The lowest BCUT2D eigenvalue weighted by atomic mass is 10.0. The van der Waals surface area contributed by atoms with Crippen molar-refractivity contribution in [1.29, 1.82) is 0 Å². The fraction of sp³-hybridized carbons (Fsp3) is 0.538. The van der Waals surface area contributed by atoms with Gasteiger partial charge in [-0.05, 0) is 25.7 Å². The lowest BCUT2D eigenvalue weighted by molar-refractivity contribution is 0.147. The largest absolute Gasteiger partial charge is 0.377 e. The molecule has 0 bridgehead atoms. The first kappa shape index (κ1) is 13.2. The van der Waals surface area contributed by atoms with Crippen LogP contribution in [0.2, 0.25) is 0 Å². The molecule has 0 saturated heterocycles. The van der Waals surface area contributed by atoms with E-state index >= 15 is 0 Å². The Morgan fingerprint density at radius 1 is 1.43 bits per heavy atom. The number of ether oxygens (including phenoxy) is 1. The molecule has 0 aromatic carbocycles. The van der Waals surface area contributed by atoms with Crippen LogP contribution in [0.5, 0.6) is 0 Å². The van der Waals surface area contributed by atoms with Gasteiger partial charge in [0.25, 0.3) is 0 Å². The van der Waals surface area contributed by atoms with Gasteiger partial charge < -0.3 is 4.74 Å². The highest BCUT2D eigenvalue weighted by molar-refractivity contribution is 5.15. The van der Waals surface area contributed by atoms with E-state index in [2.05, 4.69) is 45.2 Å². The van der Waals surface area contributed by atoms with E-state index in [9.17, 15) is 0 Å². The zero-order valence-electron chi connectivity index (χ0n) is 9.46. The van der Waals surface area contributed by atoms with Gasteiger partial charge in [-0.2, -0.15) is 0 Å². The molecule has 1 aliphatic heterocycles. The Kier molecular flexibility index (Phi) is 8.25. The van der Waals surface area contributed by atoms with Crippen LogP contribution in [0.1, 0.15) is 26.7 Å². The molecule has 1 unspecified atom stereocenters. The second kappa shape index (κ2) is 8.76. The van der Waals surface area contributed by atoms with Crippen molar-refractivity contribution in [1.82, 2.24) is 0 Å². The van der Waals surface area contributed by atoms with Gasteiger partial charge in [0, 0.05) is 6.61 Å². The predicted molar refractivity (Wildman–Crippen MR) is 63.4 cm³/mol. The molecule has 1 aliphatic rings. The van der Waals surface area contributed by atoms with Gasteiger partial charge in [0.15, 0.2) is 0 Å². The molecule has 1 heterocycles. The summed E-state index contributed by atoms with van der Waals surface area (Å²) in [7, 11) is 0. The van der Waals surface area contributed by atoms with Crippen LogP contribution in [-0.4, -0.2) is 13.2 Å². The van der Waals surface area contributed by atoms with E-state index in [1.807, 2.05) is 0 Å². The first-order valence-corrected chi connectivity index (χ1v) is 5.20. The number of allylic oxidation sites excluding steroid dienone is 3. The molecule has 0 radical (unpaired) electrons. The molecule has 14 heavy (non-hydrogen) atoms. The van der Waals surface area contributed by atoms with Gasteiger partial charge in [0.1, 0.15) is 0 Å². The van der Waals surface area contributed by atoms with Gasteiger partial charge in [0.05, 0.1) is 6.61 Å². The second-order valence-corrected chi connectivity index (χ2v) is 3.55. The fourth-order valence-corrected chi connectivity index (χ4v) is 1.24. The van der Waals surface area contributed by atoms with Gasteiger partial charge in [-0.25, -0.2) is 0 Å². The first-order chi connectivity index (χ1) is 6.79. The molecule has 0 amide bonds. The maximum atomic E-state index is 5.41. The van der Waals surface area contributed by atoms with E-state index in [1.54, 1.807) is 0 Å². The molecule has 1 rings (SSSR count). The summed E-state index contributed by atoms with van der Waals surface area (Å²) in [5, 5.41) is 0. The molecule has 1 heteroatoms. The Labute approximate surface area is 88.2 Å². The maximum absolute atomic E-state index is 5.41. The molecule has 0 spiro atoms. The second-order valence-electron chi connectivity index (χ2n) is 3.55. The monoisotopic (exact) mass is 194 g/mol. The molecule has 0 aliphatic carbocycles. The molecule has 0 fully saturated rings. The predicted octanol–water partition coefficient (Wildman–Crippen LogP) is 3.74. The third kappa shape index (κ3) is 6.67. The Balaban J connectivity index is 0.000000791. The SMILES string of the molecule is C=C.CC1=C/CC(C)CCOC/C=C\1. The van der Waals surface area contributed by atoms with Crippen molar-refractivity contribution in [3.63, 3.8) is 0 Å². The molecular formula is C13H22O. The Morgan fingerprint density at radius 2 is 2.14 bits per heavy atom. The minimum Gasteiger partial charge on any atom is -0.377 e. The van der Waals surface area contributed by atoms with Crippen LogP contribution in [0.3, 0.4) is 0 Å². The van der Waals surface area contributed by atoms with E-state index in [0.29, 0.717) is 0 Å². The van der Waals surface area contributed by atoms with Gasteiger partial charge in [-0.3, -0.25) is 0 Å². The van der Waals surface area contributed by atoms with Gasteiger partial charge in [-0.1, -0.05) is 30.7 Å². The molecule has 1 atom stereocenters. The van der Waals surface area contributed by atoms with Gasteiger partial charge in [0.2, 0.25) is 0 Å². The lowest BCUT2D eigenvalue weighted by Crippen LogP contribution is -2.02. The van der Waals surface area contributed by atoms with Gasteiger partial charge >= 0.3 is 0 Å². The van der Waals surface area contributed by atoms with Crippen LogP contribution in [0.4, 0.5) is 0 Å². The number of hydrogen-bond acceptors (Lipinski definition) is 1. The van der Waals surface area contributed by atoms with Crippen LogP contribution in [0.25, 0.3) is 0 Å². The van der Waals surface area contributed by atoms with Crippen molar-refractivity contribution in [2.24, 2.45) is 5.92 Å². The lowest BCUT2D eigenvalue weighted by Gasteiger charge is -2.10. The summed E-state index contributed by atoms with van der Waals surface area (Å²) in [4.78, 5) is 0. The third-order valence-electron chi connectivity index (χ3n) is 2.19. The van der Waals surface area contributed by atoms with E-state index < -0.39 is 0 Å². The van der Waals surface area contributed by atoms with Crippen LogP contribution in [0.15, 0.2) is 37.0 Å². The van der Waals surface area contributed by atoms with Crippen molar-refractivity contribution in [2.75, 3.05) is 13.2 Å². The topological polar surface area (TPSA) is 9.23 Å². The summed E-state index contributed by atoms with van der Waals surface area (Å²) in [6.07, 6.45) is 8.89. The summed E-state index contributed by atoms with van der Waals surface area (Å²) in [6, 6.07) is 0. The average molecular weight is 194 g/mol. The highest BCUT2D eigenvalue weighted by Crippen LogP contribution is 2.11. The molecule has 1 nitrogen and oxygen atoms in total. The molecule has 0 aromatic rings. The smallest absolute Gasteiger partial charge is 0.0650 e. The van der Waals surface area contributed by atoms with Crippen LogP contribution in [0, 0.1) is 5.92 Å². The zero-order chi connectivity index (χ0) is 10.8. The molecule has 0 aromatic heterocycles. The van der Waals surface area contributed by atoms with Gasteiger partial charge in [-0.15, -0.1) is 13.2 Å². The summed E-state index contributed by atoms with van der Waals surface area (Å²) < 4.78 is 5.41. The van der Waals surface area contributed by atoms with Crippen molar-refractivity contribution in [2.45, 2.75) is 26.7 Å². The highest BCUT2D eigenvalue weighted by atomic mass is 16.5. The third-order valence-corrected chi connectivity index (χ3v) is 2.19. The summed E-state index contributed by atoms with van der Waals surface area (Å²) in [5.41, 5.74) is 1.35. The zero-order valence-corrected chi connectivity index (χ0v) is 9.46. The normalized spacial score (nSPS) is 29.0. The molecule has 80 valence electrons. The van der Waals surface area contributed by atoms with Crippen molar-refractivity contribution in [3.8, 4) is 0 Å². The van der Waals surface area contributed by atoms with Crippen LogP contribution < -0.4 is 0 Å². The average Bonchev–Trinajstić information content (AvgIpc) is 2.23. The number of hydrogen-bond donors (Lipinski definition) is 0. The Bertz CT molecular complexity index is 191. The minimum absolute atomic E-state index is 0.756. The Morgan fingerprint density at radius 3 is 2.86 bits per heavy atom. The van der Waals surface area contributed by atoms with E-state index in [1.165, 1.54) is 18.4 Å². The highest BCUT2D eigenvalue weighted by Gasteiger charge is 2.00. The summed E-state index contributed by atoms with van der Waals surface area (Å²) >= 11 is 0. The van der Waals surface area contributed by atoms with Crippen LogP contribution in [-0.2, 0) is 4.74 Å². The Hall–Kier alpha value is -0.820. The van der Waals surface area contributed by atoms with E-state index in [4.69, 9.17) is 4.74 Å². The van der Waals surface area contributed by atoms with Crippen molar-refractivity contribution >= 4 is 0 Å². The number of rotatable bonds is 0. The van der Waals surface area contributed by atoms with E-state index in [-0.39, 0.29) is 0 Å². The van der Waals surface area contributed by atoms with Crippen molar-refractivity contribution in [3.05, 3.63) is 37.0 Å². The van der Waals surface area contributed by atoms with Crippen molar-refractivity contribution < 1.29 is 4.74 Å². The summed E-state index contributed by atoms with van der Waals surface area (Å²) in [6.45, 7) is 12.1. The van der Waals surface area contributed by atoms with Crippen LogP contribution >= 0.6 is 0 Å². The molecule has 0 N–H and O–H groups in total. The first-order valence-electron chi connectivity index (χ1n) is 5.20. The minimum atomic E-state index is 0.756. The maximum Gasteiger partial charge on any atom is 0.0650 e. The fourth-order valence-electron chi connectivity index (χ4n) is 1.24. The molecular weight excluding hydrogens is 172 g/mol. The van der Waals surface area contributed by atoms with E-state index in [0.717, 1.165) is 19.1 Å². The standard InChI is InChI=1S/C11H18O.C2H4/c1-10-4-3-8-12-9-7-11(2)6-5-10;1-2/h3-5,11H,6-9H2,1-2H3;1-2H2/b4-3-,10-5-;. The summed E-state index contributed by atoms with van der Waals surface area (Å²) in [5.74, 6) is 0.756. The quantitative estimate of drug-likeness (QED) is 0.534. The molecule has 0 saturated carbocycles.